The van der Waals surface area contributed by atoms with E-state index in [1.54, 1.807) is 0 Å². The zero-order valence-electron chi connectivity index (χ0n) is 11.0. The molecule has 3 heteroatoms. The van der Waals surface area contributed by atoms with Crippen molar-refractivity contribution in [3.8, 4) is 0 Å². The Morgan fingerprint density at radius 1 is 1.17 bits per heavy atom. The third-order valence-electron chi connectivity index (χ3n) is 4.34. The molecule has 2 fully saturated rings. The number of hydrogen-bond acceptors (Lipinski definition) is 2. The van der Waals surface area contributed by atoms with Gasteiger partial charge in [-0.2, -0.15) is 0 Å². The third-order valence-corrected chi connectivity index (χ3v) is 5.23. The van der Waals surface area contributed by atoms with Crippen LogP contribution in [0.25, 0.3) is 0 Å². The van der Waals surface area contributed by atoms with Gasteiger partial charge in [-0.05, 0) is 50.1 Å². The van der Waals surface area contributed by atoms with E-state index in [1.165, 1.54) is 61.2 Å². The molecule has 1 atom stereocenters. The highest BCUT2D eigenvalue weighted by Crippen LogP contribution is 2.27. The summed E-state index contributed by atoms with van der Waals surface area (Å²) in [7, 11) is 0. The quantitative estimate of drug-likeness (QED) is 0.784. The summed E-state index contributed by atoms with van der Waals surface area (Å²) in [6.07, 6.45) is 4.19. The molecule has 3 rings (SSSR count). The van der Waals surface area contributed by atoms with Crippen LogP contribution in [0.5, 0.6) is 0 Å². The molecule has 0 spiro atoms. The lowest BCUT2D eigenvalue weighted by atomic mass is 9.99. The van der Waals surface area contributed by atoms with E-state index in [4.69, 9.17) is 0 Å². The van der Waals surface area contributed by atoms with E-state index in [0.29, 0.717) is 0 Å². The standard InChI is InChI=1S/C15H21BrN2/c1-12-10-13(5-6-15(12)16)18-9-8-17-7-3-2-4-14(17)11-18/h5-6,10,14H,2-4,7-9,11H2,1H3. The molecule has 18 heavy (non-hydrogen) atoms. The van der Waals surface area contributed by atoms with Crippen molar-refractivity contribution in [3.05, 3.63) is 28.2 Å². The first-order valence-corrected chi connectivity index (χ1v) is 7.78. The smallest absolute Gasteiger partial charge is 0.0370 e. The van der Waals surface area contributed by atoms with Crippen LogP contribution in [0.15, 0.2) is 22.7 Å². The number of nitrogens with zero attached hydrogens (tertiary/aromatic N) is 2. The first kappa shape index (κ1) is 12.5. The van der Waals surface area contributed by atoms with Gasteiger partial charge in [0.25, 0.3) is 0 Å². The van der Waals surface area contributed by atoms with E-state index in [0.717, 1.165) is 6.04 Å². The van der Waals surface area contributed by atoms with Gasteiger partial charge in [-0.25, -0.2) is 0 Å². The number of anilines is 1. The molecule has 1 unspecified atom stereocenters. The summed E-state index contributed by atoms with van der Waals surface area (Å²) in [6.45, 7) is 7.11. The fraction of sp³-hybridized carbons (Fsp3) is 0.600. The summed E-state index contributed by atoms with van der Waals surface area (Å²) < 4.78 is 1.21. The average Bonchev–Trinajstić information content (AvgIpc) is 2.41. The molecule has 98 valence electrons. The van der Waals surface area contributed by atoms with Gasteiger partial charge in [-0.1, -0.05) is 22.4 Å². The Labute approximate surface area is 118 Å². The minimum Gasteiger partial charge on any atom is -0.369 e. The highest BCUT2D eigenvalue weighted by molar-refractivity contribution is 9.10. The second-order valence-electron chi connectivity index (χ2n) is 5.57. The van der Waals surface area contributed by atoms with Gasteiger partial charge in [0.15, 0.2) is 0 Å². The van der Waals surface area contributed by atoms with Gasteiger partial charge < -0.3 is 4.90 Å². The number of piperidine rings is 1. The SMILES string of the molecule is Cc1cc(N2CCN3CCCCC3C2)ccc1Br. The predicted octanol–water partition coefficient (Wildman–Crippen LogP) is 3.43. The molecule has 0 bridgehead atoms. The Bertz CT molecular complexity index is 433. The van der Waals surface area contributed by atoms with Crippen molar-refractivity contribution < 1.29 is 0 Å². The Kier molecular flexibility index (Phi) is 3.62. The normalized spacial score (nSPS) is 25.0. The first-order chi connectivity index (χ1) is 8.74. The summed E-state index contributed by atoms with van der Waals surface area (Å²) in [5.74, 6) is 0. The summed E-state index contributed by atoms with van der Waals surface area (Å²) in [5, 5.41) is 0. The van der Waals surface area contributed by atoms with Crippen molar-refractivity contribution in [3.63, 3.8) is 0 Å². The number of aryl methyl sites for hydroxylation is 1. The molecule has 1 aromatic carbocycles. The second kappa shape index (κ2) is 5.22. The minimum absolute atomic E-state index is 0.788. The molecule has 1 aromatic rings. The van der Waals surface area contributed by atoms with Crippen molar-refractivity contribution in [1.82, 2.24) is 4.90 Å². The first-order valence-electron chi connectivity index (χ1n) is 6.99. The maximum atomic E-state index is 3.58. The monoisotopic (exact) mass is 308 g/mol. The topological polar surface area (TPSA) is 6.48 Å². The van der Waals surface area contributed by atoms with Crippen molar-refractivity contribution in [2.45, 2.75) is 32.2 Å². The van der Waals surface area contributed by atoms with Crippen LogP contribution in [0.2, 0.25) is 0 Å². The average molecular weight is 309 g/mol. The van der Waals surface area contributed by atoms with E-state index in [9.17, 15) is 0 Å². The van der Waals surface area contributed by atoms with E-state index in [1.807, 2.05) is 0 Å². The van der Waals surface area contributed by atoms with Crippen LogP contribution in [0.3, 0.4) is 0 Å². The molecule has 2 heterocycles. The molecule has 2 saturated heterocycles. The molecule has 2 aliphatic rings. The number of halogens is 1. The Morgan fingerprint density at radius 3 is 2.89 bits per heavy atom. The van der Waals surface area contributed by atoms with E-state index in [2.05, 4.69) is 50.9 Å². The Balaban J connectivity index is 1.75. The summed E-state index contributed by atoms with van der Waals surface area (Å²) in [6, 6.07) is 7.52. The zero-order valence-corrected chi connectivity index (χ0v) is 12.6. The molecule has 2 nitrogen and oxygen atoms in total. The van der Waals surface area contributed by atoms with Crippen molar-refractivity contribution in [2.75, 3.05) is 31.1 Å². The van der Waals surface area contributed by atoms with E-state index >= 15 is 0 Å². The van der Waals surface area contributed by atoms with Crippen LogP contribution in [0, 0.1) is 6.92 Å². The second-order valence-corrected chi connectivity index (χ2v) is 6.42. The molecule has 0 saturated carbocycles. The van der Waals surface area contributed by atoms with Gasteiger partial charge >= 0.3 is 0 Å². The molecule has 0 amide bonds. The maximum absolute atomic E-state index is 3.58. The van der Waals surface area contributed by atoms with E-state index in [-0.39, 0.29) is 0 Å². The van der Waals surface area contributed by atoms with Crippen molar-refractivity contribution >= 4 is 21.6 Å². The maximum Gasteiger partial charge on any atom is 0.0370 e. The van der Waals surface area contributed by atoms with Gasteiger partial charge in [0, 0.05) is 35.8 Å². The van der Waals surface area contributed by atoms with Crippen LogP contribution in [0.1, 0.15) is 24.8 Å². The lowest BCUT2D eigenvalue weighted by Gasteiger charge is -2.45. The fourth-order valence-electron chi connectivity index (χ4n) is 3.22. The van der Waals surface area contributed by atoms with Crippen LogP contribution in [0.4, 0.5) is 5.69 Å². The highest BCUT2D eigenvalue weighted by Gasteiger charge is 2.28. The van der Waals surface area contributed by atoms with Crippen molar-refractivity contribution in [1.29, 1.82) is 0 Å². The van der Waals surface area contributed by atoms with Gasteiger partial charge in [-0.3, -0.25) is 4.90 Å². The van der Waals surface area contributed by atoms with Crippen LogP contribution in [-0.2, 0) is 0 Å². The summed E-state index contributed by atoms with van der Waals surface area (Å²) in [4.78, 5) is 5.25. The van der Waals surface area contributed by atoms with Gasteiger partial charge in [0.1, 0.15) is 0 Å². The molecule has 2 aliphatic heterocycles. The van der Waals surface area contributed by atoms with Gasteiger partial charge in [0.05, 0.1) is 0 Å². The van der Waals surface area contributed by atoms with Gasteiger partial charge in [-0.15, -0.1) is 0 Å². The molecule has 0 aliphatic carbocycles. The largest absolute Gasteiger partial charge is 0.369 e. The number of fused-ring (bicyclic) bond motifs is 1. The number of rotatable bonds is 1. The van der Waals surface area contributed by atoms with Crippen LogP contribution >= 0.6 is 15.9 Å². The predicted molar refractivity (Wildman–Crippen MR) is 80.3 cm³/mol. The zero-order chi connectivity index (χ0) is 12.5. The van der Waals surface area contributed by atoms with Crippen molar-refractivity contribution in [2.24, 2.45) is 0 Å². The minimum atomic E-state index is 0.788. The summed E-state index contributed by atoms with van der Waals surface area (Å²) >= 11 is 3.58. The van der Waals surface area contributed by atoms with E-state index < -0.39 is 0 Å². The molecule has 0 N–H and O–H groups in total. The lowest BCUT2D eigenvalue weighted by molar-refractivity contribution is 0.133. The molecular formula is C15H21BrN2. The Morgan fingerprint density at radius 2 is 2.06 bits per heavy atom. The number of piperazine rings is 1. The Hall–Kier alpha value is -0.540. The summed E-state index contributed by atoms with van der Waals surface area (Å²) in [5.41, 5.74) is 2.72. The number of hydrogen-bond donors (Lipinski definition) is 0. The third kappa shape index (κ3) is 2.43. The fourth-order valence-corrected chi connectivity index (χ4v) is 3.46. The molecule has 0 radical (unpaired) electrons. The highest BCUT2D eigenvalue weighted by atomic mass is 79.9. The molecular weight excluding hydrogens is 288 g/mol. The lowest BCUT2D eigenvalue weighted by Crippen LogP contribution is -2.54. The molecule has 0 aromatic heterocycles. The van der Waals surface area contributed by atoms with Crippen LogP contribution in [-0.4, -0.2) is 37.1 Å². The number of benzene rings is 1. The van der Waals surface area contributed by atoms with Crippen LogP contribution < -0.4 is 4.90 Å². The van der Waals surface area contributed by atoms with Gasteiger partial charge in [0.2, 0.25) is 0 Å².